The number of nitrogens with zero attached hydrogens (tertiary/aromatic N) is 1. The summed E-state index contributed by atoms with van der Waals surface area (Å²) >= 11 is 0. The van der Waals surface area contributed by atoms with Crippen LogP contribution in [0, 0.1) is 11.6 Å². The summed E-state index contributed by atoms with van der Waals surface area (Å²) in [4.78, 5) is 4.17. The first-order chi connectivity index (χ1) is 15.8. The summed E-state index contributed by atoms with van der Waals surface area (Å²) in [5, 5.41) is 9.98. The highest BCUT2D eigenvalue weighted by Crippen LogP contribution is 2.40. The predicted octanol–water partition coefficient (Wildman–Crippen LogP) is 5.29. The maximum atomic E-state index is 14.6. The van der Waals surface area contributed by atoms with Crippen LogP contribution in [0.5, 0.6) is 0 Å². The third kappa shape index (κ3) is 6.38. The Balaban J connectivity index is 1.40. The molecule has 0 unspecified atom stereocenters. The average Bonchev–Trinajstić information content (AvgIpc) is 3.53. The molecule has 2 aromatic rings. The molecule has 0 aliphatic heterocycles. The van der Waals surface area contributed by atoms with Crippen LogP contribution in [-0.4, -0.2) is 49.0 Å². The molecule has 0 bridgehead atoms. The molecule has 0 saturated heterocycles. The lowest BCUT2D eigenvalue weighted by atomic mass is 9.90. The van der Waals surface area contributed by atoms with Gasteiger partial charge < -0.3 is 20.7 Å². The van der Waals surface area contributed by atoms with Crippen LogP contribution >= 0.6 is 0 Å². The maximum absolute atomic E-state index is 14.6. The van der Waals surface area contributed by atoms with Gasteiger partial charge in [-0.1, -0.05) is 0 Å². The van der Waals surface area contributed by atoms with Crippen molar-refractivity contribution in [3.05, 3.63) is 42.1 Å². The van der Waals surface area contributed by atoms with Crippen molar-refractivity contribution < 1.29 is 17.9 Å². The standard InChI is InChI=1S/C25H33F3N4O/c1-16(14-33-2)31-17-3-5-18(6-4-17)32-24-12-21(23(27)13-29-24)20-11-19(7-8-22(20)26)30-15-25(28)9-10-25/h7-8,11-13,16-18,30-31H,3-6,9-10,14-15H2,1-2H3,(H,29,32)/t16-,17?,18?/m1/s1. The van der Waals surface area contributed by atoms with Crippen LogP contribution in [-0.2, 0) is 4.74 Å². The Morgan fingerprint density at radius 1 is 1.06 bits per heavy atom. The van der Waals surface area contributed by atoms with Crippen molar-refractivity contribution in [3.63, 3.8) is 0 Å². The van der Waals surface area contributed by atoms with E-state index in [2.05, 4.69) is 27.9 Å². The van der Waals surface area contributed by atoms with Crippen LogP contribution < -0.4 is 16.0 Å². The van der Waals surface area contributed by atoms with E-state index in [1.807, 2.05) is 0 Å². The van der Waals surface area contributed by atoms with Crippen molar-refractivity contribution in [2.75, 3.05) is 30.9 Å². The second-order valence-electron chi connectivity index (χ2n) is 9.46. The van der Waals surface area contributed by atoms with E-state index in [1.165, 1.54) is 12.1 Å². The van der Waals surface area contributed by atoms with Crippen molar-refractivity contribution in [2.24, 2.45) is 0 Å². The average molecular weight is 463 g/mol. The van der Waals surface area contributed by atoms with Crippen LogP contribution in [0.3, 0.4) is 0 Å². The van der Waals surface area contributed by atoms with Crippen molar-refractivity contribution in [1.29, 1.82) is 0 Å². The number of halogens is 3. The zero-order valence-electron chi connectivity index (χ0n) is 19.3. The van der Waals surface area contributed by atoms with Gasteiger partial charge in [0, 0.05) is 48.6 Å². The number of alkyl halides is 1. The molecular formula is C25H33F3N4O. The van der Waals surface area contributed by atoms with Crippen molar-refractivity contribution in [3.8, 4) is 11.1 Å². The minimum absolute atomic E-state index is 0.131. The lowest BCUT2D eigenvalue weighted by molar-refractivity contribution is 0.161. The molecule has 180 valence electrons. The fourth-order valence-electron chi connectivity index (χ4n) is 4.45. The molecule has 3 N–H and O–H groups in total. The van der Waals surface area contributed by atoms with Crippen molar-refractivity contribution >= 4 is 11.5 Å². The predicted molar refractivity (Wildman–Crippen MR) is 125 cm³/mol. The number of anilines is 2. The Labute approximate surface area is 193 Å². The van der Waals surface area contributed by atoms with Crippen LogP contribution in [0.25, 0.3) is 11.1 Å². The van der Waals surface area contributed by atoms with E-state index in [4.69, 9.17) is 4.74 Å². The van der Waals surface area contributed by atoms with E-state index in [0.29, 0.717) is 43.0 Å². The van der Waals surface area contributed by atoms with E-state index in [9.17, 15) is 13.2 Å². The number of hydrogen-bond acceptors (Lipinski definition) is 5. The minimum Gasteiger partial charge on any atom is -0.383 e. The van der Waals surface area contributed by atoms with Crippen LogP contribution in [0.2, 0.25) is 0 Å². The van der Waals surface area contributed by atoms with Gasteiger partial charge in [-0.15, -0.1) is 0 Å². The highest BCUT2D eigenvalue weighted by Gasteiger charge is 2.42. The fraction of sp³-hybridized carbons (Fsp3) is 0.560. The first-order valence-electron chi connectivity index (χ1n) is 11.7. The third-order valence-electron chi connectivity index (χ3n) is 6.53. The first kappa shape index (κ1) is 23.8. The van der Waals surface area contributed by atoms with Gasteiger partial charge in [0.05, 0.1) is 12.8 Å². The molecule has 1 heterocycles. The molecule has 1 atom stereocenters. The summed E-state index contributed by atoms with van der Waals surface area (Å²) in [5.41, 5.74) is -0.343. The fourth-order valence-corrected chi connectivity index (χ4v) is 4.45. The molecule has 8 heteroatoms. The molecule has 2 saturated carbocycles. The van der Waals surface area contributed by atoms with Gasteiger partial charge in [0.2, 0.25) is 0 Å². The monoisotopic (exact) mass is 462 g/mol. The smallest absolute Gasteiger partial charge is 0.149 e. The Morgan fingerprint density at radius 2 is 1.76 bits per heavy atom. The van der Waals surface area contributed by atoms with Gasteiger partial charge in [-0.3, -0.25) is 0 Å². The first-order valence-corrected chi connectivity index (χ1v) is 11.7. The lowest BCUT2D eigenvalue weighted by Crippen LogP contribution is -2.42. The highest BCUT2D eigenvalue weighted by molar-refractivity contribution is 5.71. The SMILES string of the molecule is COC[C@@H](C)NC1CCC(Nc2cc(-c3cc(NCC4(F)CC4)ccc3F)c(F)cn2)CC1. The van der Waals surface area contributed by atoms with Gasteiger partial charge >= 0.3 is 0 Å². The van der Waals surface area contributed by atoms with Gasteiger partial charge in [0.25, 0.3) is 0 Å². The van der Waals surface area contributed by atoms with Gasteiger partial charge in [0.1, 0.15) is 23.1 Å². The van der Waals surface area contributed by atoms with Crippen molar-refractivity contribution in [2.45, 2.75) is 69.2 Å². The molecule has 5 nitrogen and oxygen atoms in total. The number of nitrogens with one attached hydrogen (secondary N) is 3. The zero-order valence-corrected chi connectivity index (χ0v) is 19.3. The molecule has 2 aliphatic carbocycles. The third-order valence-corrected chi connectivity index (χ3v) is 6.53. The van der Waals surface area contributed by atoms with Crippen molar-refractivity contribution in [1.82, 2.24) is 10.3 Å². The van der Waals surface area contributed by atoms with Crippen LogP contribution in [0.1, 0.15) is 45.4 Å². The van der Waals surface area contributed by atoms with E-state index < -0.39 is 17.3 Å². The summed E-state index contributed by atoms with van der Waals surface area (Å²) in [7, 11) is 1.70. The summed E-state index contributed by atoms with van der Waals surface area (Å²) in [6.45, 7) is 2.97. The number of benzene rings is 1. The normalized spacial score (nSPS) is 22.6. The molecule has 2 aliphatic rings. The van der Waals surface area contributed by atoms with E-state index >= 15 is 0 Å². The molecule has 0 amide bonds. The molecule has 4 rings (SSSR count). The Morgan fingerprint density at radius 3 is 2.45 bits per heavy atom. The number of ether oxygens (including phenoxy) is 1. The largest absolute Gasteiger partial charge is 0.383 e. The molecular weight excluding hydrogens is 429 g/mol. The van der Waals surface area contributed by atoms with Gasteiger partial charge in [-0.2, -0.15) is 0 Å². The van der Waals surface area contributed by atoms with E-state index in [-0.39, 0.29) is 23.7 Å². The summed E-state index contributed by atoms with van der Waals surface area (Å²) < 4.78 is 48.3. The Hall–Kier alpha value is -2.32. The molecule has 0 radical (unpaired) electrons. The summed E-state index contributed by atoms with van der Waals surface area (Å²) in [5.74, 6) is -0.607. The zero-order chi connectivity index (χ0) is 23.4. The van der Waals surface area contributed by atoms with E-state index in [1.54, 1.807) is 19.2 Å². The summed E-state index contributed by atoms with van der Waals surface area (Å²) in [6.07, 6.45) is 6.17. The molecule has 1 aromatic heterocycles. The number of hydrogen-bond donors (Lipinski definition) is 3. The maximum Gasteiger partial charge on any atom is 0.149 e. The number of rotatable bonds is 10. The Bertz CT molecular complexity index is 945. The Kier molecular flexibility index (Phi) is 7.44. The second-order valence-corrected chi connectivity index (χ2v) is 9.46. The minimum atomic E-state index is -1.18. The highest BCUT2D eigenvalue weighted by atomic mass is 19.1. The molecule has 1 aromatic carbocycles. The van der Waals surface area contributed by atoms with Gasteiger partial charge in [-0.25, -0.2) is 18.2 Å². The van der Waals surface area contributed by atoms with Gasteiger partial charge in [0.15, 0.2) is 0 Å². The molecule has 2 fully saturated rings. The second kappa shape index (κ2) is 10.3. The van der Waals surface area contributed by atoms with Crippen LogP contribution in [0.4, 0.5) is 24.7 Å². The quantitative estimate of drug-likeness (QED) is 0.448. The van der Waals surface area contributed by atoms with Gasteiger partial charge in [-0.05, 0) is 69.7 Å². The summed E-state index contributed by atoms with van der Waals surface area (Å²) in [6, 6.07) is 6.90. The number of methoxy groups -OCH3 is 1. The van der Waals surface area contributed by atoms with E-state index in [0.717, 1.165) is 31.9 Å². The van der Waals surface area contributed by atoms with Crippen LogP contribution in [0.15, 0.2) is 30.5 Å². The molecule has 0 spiro atoms. The number of pyridine rings is 1. The molecule has 33 heavy (non-hydrogen) atoms. The topological polar surface area (TPSA) is 58.2 Å². The number of aromatic nitrogens is 1. The lowest BCUT2D eigenvalue weighted by Gasteiger charge is -2.31.